The Morgan fingerprint density at radius 3 is 3.00 bits per heavy atom. The second-order valence-corrected chi connectivity index (χ2v) is 2.96. The van der Waals surface area contributed by atoms with Crippen molar-refractivity contribution in [1.29, 1.82) is 0 Å². The monoisotopic (exact) mass is 197 g/mol. The Hall–Kier alpha value is -0.730. The maximum Gasteiger partial charge on any atom is 0.0640 e. The molecule has 0 bridgehead atoms. The van der Waals surface area contributed by atoms with Gasteiger partial charge in [0.05, 0.1) is 6.54 Å². The van der Waals surface area contributed by atoms with Crippen LogP contribution in [0.5, 0.6) is 0 Å². The van der Waals surface area contributed by atoms with Crippen molar-refractivity contribution < 1.29 is 0 Å². The van der Waals surface area contributed by atoms with Gasteiger partial charge in [0.25, 0.3) is 0 Å². The summed E-state index contributed by atoms with van der Waals surface area (Å²) in [6.45, 7) is 0.633. The molecule has 0 heterocycles. The zero-order valence-electron chi connectivity index (χ0n) is 6.40. The van der Waals surface area contributed by atoms with Crippen molar-refractivity contribution in [3.63, 3.8) is 0 Å². The fourth-order valence-corrected chi connectivity index (χ4v) is 1.14. The summed E-state index contributed by atoms with van der Waals surface area (Å²) < 4.78 is 0. The number of thiocarbonyl (C=S) groups is 1. The minimum Gasteiger partial charge on any atom is -0.288 e. The largest absolute Gasteiger partial charge is 0.288 e. The minimum atomic E-state index is 0.633. The first-order valence-corrected chi connectivity index (χ1v) is 4.36. The van der Waals surface area contributed by atoms with Crippen LogP contribution in [0.15, 0.2) is 29.3 Å². The van der Waals surface area contributed by atoms with Crippen LogP contribution in [0.25, 0.3) is 0 Å². The van der Waals surface area contributed by atoms with Crippen LogP contribution in [-0.4, -0.2) is 11.6 Å². The van der Waals surface area contributed by atoms with E-state index in [9.17, 15) is 0 Å². The highest BCUT2D eigenvalue weighted by Crippen LogP contribution is 2.10. The Labute approximate surface area is 82.1 Å². The zero-order valence-corrected chi connectivity index (χ0v) is 7.98. The highest BCUT2D eigenvalue weighted by molar-refractivity contribution is 7.80. The Kier molecular flexibility index (Phi) is 3.91. The van der Waals surface area contributed by atoms with Gasteiger partial charge in [0, 0.05) is 16.6 Å². The molecule has 0 amide bonds. The second kappa shape index (κ2) is 5.01. The molecule has 1 aromatic rings. The molecule has 1 nitrogen and oxygen atoms in total. The van der Waals surface area contributed by atoms with E-state index in [0.717, 1.165) is 10.6 Å². The molecule has 3 heteroatoms. The van der Waals surface area contributed by atoms with Crippen molar-refractivity contribution in [2.45, 2.75) is 6.54 Å². The number of rotatable bonds is 3. The van der Waals surface area contributed by atoms with Gasteiger partial charge in [-0.25, -0.2) is 0 Å². The predicted molar refractivity (Wildman–Crippen MR) is 57.3 cm³/mol. The van der Waals surface area contributed by atoms with E-state index in [4.69, 9.17) is 11.6 Å². The Morgan fingerprint density at radius 2 is 2.33 bits per heavy atom. The molecular weight excluding hydrogens is 190 g/mol. The first-order chi connectivity index (χ1) is 5.83. The normalized spacial score (nSPS) is 10.4. The van der Waals surface area contributed by atoms with Crippen LogP contribution >= 0.6 is 23.8 Å². The van der Waals surface area contributed by atoms with Crippen LogP contribution in [0.4, 0.5) is 0 Å². The van der Waals surface area contributed by atoms with Crippen molar-refractivity contribution in [2.75, 3.05) is 0 Å². The zero-order chi connectivity index (χ0) is 8.81. The summed E-state index contributed by atoms with van der Waals surface area (Å²) in [4.78, 5) is 4.06. The van der Waals surface area contributed by atoms with E-state index in [1.807, 2.05) is 24.3 Å². The van der Waals surface area contributed by atoms with Gasteiger partial charge in [-0.3, -0.25) is 4.99 Å². The van der Waals surface area contributed by atoms with Crippen LogP contribution in [0.3, 0.4) is 0 Å². The van der Waals surface area contributed by atoms with Gasteiger partial charge in [0.2, 0.25) is 0 Å². The second-order valence-electron chi connectivity index (χ2n) is 2.26. The van der Waals surface area contributed by atoms with Crippen LogP contribution in [-0.2, 0) is 6.54 Å². The summed E-state index contributed by atoms with van der Waals surface area (Å²) in [6, 6.07) is 7.62. The molecule has 0 saturated heterocycles. The van der Waals surface area contributed by atoms with Gasteiger partial charge in [0.1, 0.15) is 0 Å². The summed E-state index contributed by atoms with van der Waals surface area (Å²) in [5.74, 6) is 0. The van der Waals surface area contributed by atoms with Crippen molar-refractivity contribution in [3.05, 3.63) is 34.9 Å². The molecule has 0 aliphatic carbocycles. The molecule has 12 heavy (non-hydrogen) atoms. The molecule has 1 rings (SSSR count). The Bertz CT molecular complexity index is 296. The molecule has 62 valence electrons. The van der Waals surface area contributed by atoms with Crippen molar-refractivity contribution in [2.24, 2.45) is 4.99 Å². The quantitative estimate of drug-likeness (QED) is 0.536. The van der Waals surface area contributed by atoms with Gasteiger partial charge >= 0.3 is 0 Å². The maximum atomic E-state index is 5.78. The number of benzene rings is 1. The summed E-state index contributed by atoms with van der Waals surface area (Å²) in [6.07, 6.45) is 1.61. The summed E-state index contributed by atoms with van der Waals surface area (Å²) >= 11 is 10.4. The van der Waals surface area contributed by atoms with Crippen LogP contribution in [0, 0.1) is 0 Å². The van der Waals surface area contributed by atoms with Gasteiger partial charge < -0.3 is 0 Å². The Balaban J connectivity index is 2.63. The van der Waals surface area contributed by atoms with Crippen LogP contribution in [0.2, 0.25) is 5.02 Å². The van der Waals surface area contributed by atoms with E-state index >= 15 is 0 Å². The SMILES string of the molecule is S=CC=NCc1cccc(Cl)c1. The van der Waals surface area contributed by atoms with E-state index in [1.165, 1.54) is 5.37 Å². The topological polar surface area (TPSA) is 12.4 Å². The summed E-state index contributed by atoms with van der Waals surface area (Å²) in [5.41, 5.74) is 1.09. The van der Waals surface area contributed by atoms with Gasteiger partial charge in [-0.1, -0.05) is 36.0 Å². The molecule has 0 unspecified atom stereocenters. The van der Waals surface area contributed by atoms with E-state index in [0.29, 0.717) is 6.54 Å². The first-order valence-electron chi connectivity index (χ1n) is 3.51. The molecule has 0 aliphatic heterocycles. The number of aliphatic imine (C=N–C) groups is 1. The Morgan fingerprint density at radius 1 is 1.50 bits per heavy atom. The van der Waals surface area contributed by atoms with E-state index in [1.54, 1.807) is 6.21 Å². The van der Waals surface area contributed by atoms with Gasteiger partial charge in [-0.05, 0) is 17.7 Å². The average Bonchev–Trinajstić information content (AvgIpc) is 2.05. The minimum absolute atomic E-state index is 0.633. The third-order valence-electron chi connectivity index (χ3n) is 1.33. The predicted octanol–water partition coefficient (Wildman–Crippen LogP) is 2.91. The van der Waals surface area contributed by atoms with Crippen molar-refractivity contribution in [3.8, 4) is 0 Å². The van der Waals surface area contributed by atoms with E-state index in [2.05, 4.69) is 17.2 Å². The lowest BCUT2D eigenvalue weighted by Gasteiger charge is -1.95. The molecule has 0 atom stereocenters. The lowest BCUT2D eigenvalue weighted by atomic mass is 10.2. The molecule has 0 saturated carbocycles. The van der Waals surface area contributed by atoms with Crippen LogP contribution in [0.1, 0.15) is 5.56 Å². The third kappa shape index (κ3) is 3.11. The molecule has 0 spiro atoms. The molecule has 0 aliphatic rings. The lowest BCUT2D eigenvalue weighted by molar-refractivity contribution is 1.08. The highest BCUT2D eigenvalue weighted by atomic mass is 35.5. The number of nitrogens with zero attached hydrogens (tertiary/aromatic N) is 1. The van der Waals surface area contributed by atoms with Gasteiger partial charge in [-0.15, -0.1) is 0 Å². The van der Waals surface area contributed by atoms with Gasteiger partial charge in [0.15, 0.2) is 0 Å². The molecule has 1 aromatic carbocycles. The number of hydrogen-bond donors (Lipinski definition) is 0. The maximum absolute atomic E-state index is 5.78. The number of hydrogen-bond acceptors (Lipinski definition) is 2. The van der Waals surface area contributed by atoms with Crippen molar-refractivity contribution >= 4 is 35.4 Å². The third-order valence-corrected chi connectivity index (χ3v) is 1.69. The summed E-state index contributed by atoms with van der Waals surface area (Å²) in [7, 11) is 0. The fraction of sp³-hybridized carbons (Fsp3) is 0.111. The smallest absolute Gasteiger partial charge is 0.0640 e. The molecular formula is C9H8ClNS. The highest BCUT2D eigenvalue weighted by Gasteiger charge is 1.90. The molecule has 0 radical (unpaired) electrons. The molecule has 0 aromatic heterocycles. The van der Waals surface area contributed by atoms with E-state index < -0.39 is 0 Å². The fourth-order valence-electron chi connectivity index (χ4n) is 0.836. The van der Waals surface area contributed by atoms with Gasteiger partial charge in [-0.2, -0.15) is 0 Å². The first kappa shape index (κ1) is 9.36. The van der Waals surface area contributed by atoms with Crippen LogP contribution < -0.4 is 0 Å². The van der Waals surface area contributed by atoms with Crippen molar-refractivity contribution in [1.82, 2.24) is 0 Å². The molecule has 0 fully saturated rings. The number of halogens is 1. The van der Waals surface area contributed by atoms with E-state index in [-0.39, 0.29) is 0 Å². The average molecular weight is 198 g/mol. The summed E-state index contributed by atoms with van der Waals surface area (Å²) in [5, 5.41) is 2.23. The standard InChI is InChI=1S/C9H8ClNS/c10-9-3-1-2-8(6-9)7-11-4-5-12/h1-6H,7H2. The molecule has 0 N–H and O–H groups in total. The lowest BCUT2D eigenvalue weighted by Crippen LogP contribution is -1.81.